The van der Waals surface area contributed by atoms with Gasteiger partial charge in [-0.3, -0.25) is 0 Å². The first kappa shape index (κ1) is 15.2. The molecule has 4 rings (SSSR count). The Kier molecular flexibility index (Phi) is 3.95. The van der Waals surface area contributed by atoms with Gasteiger partial charge in [0.2, 0.25) is 11.7 Å². The monoisotopic (exact) mass is 360 g/mol. The van der Waals surface area contributed by atoms with Gasteiger partial charge in [0.05, 0.1) is 22.0 Å². The second-order valence-electron chi connectivity index (χ2n) is 4.96. The Hall–Kier alpha value is -2.39. The lowest BCUT2D eigenvalue weighted by molar-refractivity contribution is 0.379. The molecule has 0 N–H and O–H groups in total. The minimum Gasteiger partial charge on any atom is -0.469 e. The van der Waals surface area contributed by atoms with Crippen LogP contribution in [0.15, 0.2) is 48.4 Å². The van der Waals surface area contributed by atoms with Crippen molar-refractivity contribution in [3.8, 4) is 22.2 Å². The summed E-state index contributed by atoms with van der Waals surface area (Å²) in [6.45, 7) is 3.79. The van der Waals surface area contributed by atoms with E-state index in [1.165, 1.54) is 11.8 Å². The summed E-state index contributed by atoms with van der Waals surface area (Å²) in [5.41, 5.74) is 0.791. The molecule has 0 amide bonds. The molecule has 4 aromatic rings. The molecule has 4 heterocycles. The lowest BCUT2D eigenvalue weighted by atomic mass is 10.3. The van der Waals surface area contributed by atoms with Crippen LogP contribution in [0.2, 0.25) is 0 Å². The number of thioether (sulfide) groups is 1. The fourth-order valence-electron chi connectivity index (χ4n) is 2.08. The second-order valence-corrected chi connectivity index (χ2v) is 7.20. The van der Waals surface area contributed by atoms with Crippen LogP contribution >= 0.6 is 23.1 Å². The Bertz CT molecular complexity index is 942. The zero-order valence-corrected chi connectivity index (χ0v) is 14.4. The number of hydrogen-bond donors (Lipinski definition) is 0. The molecule has 0 radical (unpaired) electrons. The maximum atomic E-state index is 5.67. The van der Waals surface area contributed by atoms with E-state index in [0.29, 0.717) is 22.8 Å². The smallest absolute Gasteiger partial charge is 0.277 e. The third kappa shape index (κ3) is 2.87. The zero-order valence-electron chi connectivity index (χ0n) is 12.8. The molecule has 0 saturated heterocycles. The molecule has 1 unspecified atom stereocenters. The predicted octanol–water partition coefficient (Wildman–Crippen LogP) is 4.60. The van der Waals surface area contributed by atoms with Crippen molar-refractivity contribution >= 4 is 23.1 Å². The number of aromatic nitrogens is 4. The second kappa shape index (κ2) is 6.25. The van der Waals surface area contributed by atoms with Crippen LogP contribution in [0.5, 0.6) is 0 Å². The first-order chi connectivity index (χ1) is 11.7. The molecular weight excluding hydrogens is 348 g/mol. The van der Waals surface area contributed by atoms with E-state index in [-0.39, 0.29) is 5.25 Å². The van der Waals surface area contributed by atoms with E-state index in [0.717, 1.165) is 16.2 Å². The number of nitrogens with zero attached hydrogens (tertiary/aromatic N) is 4. The van der Waals surface area contributed by atoms with Crippen LogP contribution in [-0.2, 0) is 0 Å². The van der Waals surface area contributed by atoms with Crippen molar-refractivity contribution in [2.24, 2.45) is 0 Å². The average molecular weight is 360 g/mol. The molecule has 122 valence electrons. The van der Waals surface area contributed by atoms with Crippen molar-refractivity contribution in [1.29, 1.82) is 0 Å². The lowest BCUT2D eigenvalue weighted by Crippen LogP contribution is -1.88. The Balaban J connectivity index is 1.49. The van der Waals surface area contributed by atoms with Gasteiger partial charge in [-0.25, -0.2) is 0 Å². The number of aryl methyl sites for hydroxylation is 1. The molecule has 0 aliphatic rings. The molecule has 0 saturated carbocycles. The van der Waals surface area contributed by atoms with Crippen molar-refractivity contribution in [3.63, 3.8) is 0 Å². The first-order valence-corrected chi connectivity index (χ1v) is 8.89. The van der Waals surface area contributed by atoms with Gasteiger partial charge in [0.15, 0.2) is 0 Å². The first-order valence-electron chi connectivity index (χ1n) is 7.13. The third-order valence-corrected chi connectivity index (χ3v) is 5.09. The van der Waals surface area contributed by atoms with Crippen molar-refractivity contribution < 1.29 is 13.4 Å². The van der Waals surface area contributed by atoms with Crippen LogP contribution in [0.3, 0.4) is 0 Å². The van der Waals surface area contributed by atoms with Gasteiger partial charge in [-0.05, 0) is 31.4 Å². The third-order valence-electron chi connectivity index (χ3n) is 3.30. The Labute approximate surface area is 145 Å². The summed E-state index contributed by atoms with van der Waals surface area (Å²) in [7, 11) is 0. The molecule has 0 aliphatic carbocycles. The average Bonchev–Trinajstić information content (AvgIpc) is 3.34. The van der Waals surface area contributed by atoms with Gasteiger partial charge in [-0.2, -0.15) is 4.98 Å². The fraction of sp³-hybridized carbons (Fsp3) is 0.200. The minimum absolute atomic E-state index is 0.107. The maximum absolute atomic E-state index is 5.67. The van der Waals surface area contributed by atoms with Gasteiger partial charge in [0, 0.05) is 0 Å². The number of hydrogen-bond acceptors (Lipinski definition) is 9. The van der Waals surface area contributed by atoms with Crippen molar-refractivity contribution in [1.82, 2.24) is 20.3 Å². The van der Waals surface area contributed by atoms with Gasteiger partial charge >= 0.3 is 0 Å². The molecule has 24 heavy (non-hydrogen) atoms. The highest BCUT2D eigenvalue weighted by molar-refractivity contribution is 7.99. The Morgan fingerprint density at radius 2 is 2.17 bits per heavy atom. The largest absolute Gasteiger partial charge is 0.469 e. The summed E-state index contributed by atoms with van der Waals surface area (Å²) < 4.78 is 16.3. The molecule has 0 aliphatic heterocycles. The van der Waals surface area contributed by atoms with Gasteiger partial charge < -0.3 is 13.4 Å². The molecule has 9 heteroatoms. The molecule has 0 fully saturated rings. The SMILES string of the molecule is Cc1occc1-c1nnc(SC(C)c2nc(-c3cccs3)no2)o1. The highest BCUT2D eigenvalue weighted by atomic mass is 32.2. The van der Waals surface area contributed by atoms with Crippen LogP contribution in [0, 0.1) is 6.92 Å². The van der Waals surface area contributed by atoms with Crippen LogP contribution in [0.25, 0.3) is 22.2 Å². The quantitative estimate of drug-likeness (QED) is 0.477. The van der Waals surface area contributed by atoms with Crippen LogP contribution < -0.4 is 0 Å². The molecule has 0 aromatic carbocycles. The highest BCUT2D eigenvalue weighted by Gasteiger charge is 2.21. The van der Waals surface area contributed by atoms with Crippen molar-refractivity contribution in [3.05, 3.63) is 41.5 Å². The number of rotatable bonds is 5. The summed E-state index contributed by atoms with van der Waals surface area (Å²) in [6, 6.07) is 5.70. The number of furan rings is 1. The zero-order chi connectivity index (χ0) is 16.5. The molecule has 1 atom stereocenters. The fourth-order valence-corrected chi connectivity index (χ4v) is 3.44. The van der Waals surface area contributed by atoms with Gasteiger partial charge in [-0.15, -0.1) is 21.5 Å². The van der Waals surface area contributed by atoms with E-state index in [4.69, 9.17) is 13.4 Å². The van der Waals surface area contributed by atoms with E-state index < -0.39 is 0 Å². The van der Waals surface area contributed by atoms with Crippen LogP contribution in [0.4, 0.5) is 0 Å². The van der Waals surface area contributed by atoms with Crippen molar-refractivity contribution in [2.75, 3.05) is 0 Å². The molecule has 7 nitrogen and oxygen atoms in total. The van der Waals surface area contributed by atoms with Gasteiger partial charge in [0.25, 0.3) is 11.1 Å². The Morgan fingerprint density at radius 3 is 2.92 bits per heavy atom. The Morgan fingerprint density at radius 1 is 1.25 bits per heavy atom. The molecule has 0 spiro atoms. The molecule has 0 bridgehead atoms. The van der Waals surface area contributed by atoms with E-state index in [1.54, 1.807) is 23.7 Å². The van der Waals surface area contributed by atoms with E-state index in [2.05, 4.69) is 20.3 Å². The maximum Gasteiger partial charge on any atom is 0.277 e. The van der Waals surface area contributed by atoms with Crippen LogP contribution in [0.1, 0.15) is 23.8 Å². The minimum atomic E-state index is -0.107. The van der Waals surface area contributed by atoms with Gasteiger partial charge in [0.1, 0.15) is 5.76 Å². The van der Waals surface area contributed by atoms with Crippen molar-refractivity contribution in [2.45, 2.75) is 24.3 Å². The summed E-state index contributed by atoms with van der Waals surface area (Å²) in [5, 5.41) is 14.4. The summed E-state index contributed by atoms with van der Waals surface area (Å²) >= 11 is 2.93. The molecule has 4 aromatic heterocycles. The standard InChI is InChI=1S/C15H12N4O3S2/c1-8-10(5-6-20-8)14-17-18-15(21-14)24-9(2)13-16-12(19-22-13)11-4-3-7-23-11/h3-7,9H,1-2H3. The van der Waals surface area contributed by atoms with E-state index >= 15 is 0 Å². The predicted molar refractivity (Wildman–Crippen MR) is 88.6 cm³/mol. The summed E-state index contributed by atoms with van der Waals surface area (Å²) in [4.78, 5) is 5.40. The normalized spacial score (nSPS) is 12.6. The van der Waals surface area contributed by atoms with E-state index in [1.807, 2.05) is 31.4 Å². The lowest BCUT2D eigenvalue weighted by Gasteiger charge is -2.00. The number of thiophene rings is 1. The van der Waals surface area contributed by atoms with Gasteiger partial charge in [-0.1, -0.05) is 23.0 Å². The molecular formula is C15H12N4O3S2. The summed E-state index contributed by atoms with van der Waals surface area (Å²) in [6.07, 6.45) is 1.59. The highest BCUT2D eigenvalue weighted by Crippen LogP contribution is 2.35. The van der Waals surface area contributed by atoms with Crippen LogP contribution in [-0.4, -0.2) is 20.3 Å². The summed E-state index contributed by atoms with van der Waals surface area (Å²) in [5.74, 6) is 2.27. The topological polar surface area (TPSA) is 91.0 Å². The van der Waals surface area contributed by atoms with E-state index in [9.17, 15) is 0 Å².